The molecule has 0 aliphatic rings. The molecule has 0 radical (unpaired) electrons. The third-order valence-electron chi connectivity index (χ3n) is 2.58. The number of hydrogen-bond acceptors (Lipinski definition) is 2. The first-order valence-electron chi connectivity index (χ1n) is 5.58. The first-order valence-corrected chi connectivity index (χ1v) is 5.58. The van der Waals surface area contributed by atoms with Crippen LogP contribution in [0.2, 0.25) is 0 Å². The van der Waals surface area contributed by atoms with Crippen LogP contribution in [0.1, 0.15) is 6.92 Å². The van der Waals surface area contributed by atoms with E-state index in [0.717, 1.165) is 16.7 Å². The van der Waals surface area contributed by atoms with Crippen molar-refractivity contribution in [3.8, 4) is 5.75 Å². The summed E-state index contributed by atoms with van der Waals surface area (Å²) in [5.74, 6) is 0.896. The molecule has 0 N–H and O–H groups in total. The average Bonchev–Trinajstić information content (AvgIpc) is 2.75. The summed E-state index contributed by atoms with van der Waals surface area (Å²) in [4.78, 5) is 2.75. The van der Waals surface area contributed by atoms with Crippen molar-refractivity contribution in [1.29, 1.82) is 0 Å². The Hall–Kier alpha value is -2.13. The Balaban J connectivity index is 2.33. The Morgan fingerprint density at radius 1 is 1.41 bits per heavy atom. The highest BCUT2D eigenvalue weighted by Crippen LogP contribution is 2.26. The molecule has 1 aromatic carbocycles. The van der Waals surface area contributed by atoms with E-state index >= 15 is 0 Å². The smallest absolute Gasteiger partial charge is 0.128 e. The number of rotatable bonds is 5. The Morgan fingerprint density at radius 2 is 2.29 bits per heavy atom. The quantitative estimate of drug-likeness (QED) is 0.441. The fourth-order valence-corrected chi connectivity index (χ4v) is 1.87. The van der Waals surface area contributed by atoms with E-state index in [1.54, 1.807) is 0 Å². The third-order valence-corrected chi connectivity index (χ3v) is 2.58. The van der Waals surface area contributed by atoms with Gasteiger partial charge in [0.2, 0.25) is 0 Å². The lowest BCUT2D eigenvalue weighted by molar-refractivity contribution is 0.344. The highest BCUT2D eigenvalue weighted by molar-refractivity contribution is 5.86. The van der Waals surface area contributed by atoms with Gasteiger partial charge in [0.15, 0.2) is 0 Å². The highest BCUT2D eigenvalue weighted by atomic mass is 16.5. The molecule has 0 fully saturated rings. The van der Waals surface area contributed by atoms with Crippen molar-refractivity contribution in [2.75, 3.05) is 13.2 Å². The van der Waals surface area contributed by atoms with Gasteiger partial charge in [-0.2, -0.15) is 0 Å². The maximum absolute atomic E-state index is 8.25. The van der Waals surface area contributed by atoms with Gasteiger partial charge in [-0.05, 0) is 30.7 Å². The Labute approximate surface area is 99.2 Å². The predicted molar refractivity (Wildman–Crippen MR) is 67.1 cm³/mol. The summed E-state index contributed by atoms with van der Waals surface area (Å²) < 4.78 is 7.62. The van der Waals surface area contributed by atoms with E-state index < -0.39 is 0 Å². The largest absolute Gasteiger partial charge is 0.493 e. The van der Waals surface area contributed by atoms with Crippen LogP contribution in [-0.4, -0.2) is 17.7 Å². The van der Waals surface area contributed by atoms with Gasteiger partial charge in [-0.15, -0.1) is 0 Å². The average molecular weight is 230 g/mol. The van der Waals surface area contributed by atoms with Crippen molar-refractivity contribution in [3.63, 3.8) is 0 Å². The van der Waals surface area contributed by atoms with Crippen LogP contribution in [0.15, 0.2) is 35.6 Å². The predicted octanol–water partition coefficient (Wildman–Crippen LogP) is 3.35. The number of hydrogen-bond donors (Lipinski definition) is 0. The zero-order valence-electron chi connectivity index (χ0n) is 9.71. The number of benzene rings is 1. The third kappa shape index (κ3) is 2.34. The van der Waals surface area contributed by atoms with Crippen molar-refractivity contribution in [2.45, 2.75) is 13.5 Å². The zero-order chi connectivity index (χ0) is 12.1. The van der Waals surface area contributed by atoms with E-state index in [0.29, 0.717) is 19.7 Å². The molecule has 2 aromatic rings. The Bertz CT molecular complexity index is 555. The lowest BCUT2D eigenvalue weighted by Crippen LogP contribution is -1.98. The van der Waals surface area contributed by atoms with Crippen molar-refractivity contribution in [2.24, 2.45) is 5.11 Å². The van der Waals surface area contributed by atoms with Crippen molar-refractivity contribution in [1.82, 2.24) is 4.57 Å². The second-order valence-corrected chi connectivity index (χ2v) is 3.59. The molecule has 0 aliphatic heterocycles. The maximum Gasteiger partial charge on any atom is 0.128 e. The summed E-state index contributed by atoms with van der Waals surface area (Å²) in [7, 11) is 0. The van der Waals surface area contributed by atoms with Gasteiger partial charge in [0.25, 0.3) is 0 Å². The molecule has 0 atom stereocenters. The van der Waals surface area contributed by atoms with Gasteiger partial charge in [-0.3, -0.25) is 0 Å². The van der Waals surface area contributed by atoms with Crippen molar-refractivity contribution >= 4 is 10.9 Å². The van der Waals surface area contributed by atoms with Crippen LogP contribution in [0.25, 0.3) is 21.3 Å². The van der Waals surface area contributed by atoms with E-state index in [1.165, 1.54) is 0 Å². The topological polar surface area (TPSA) is 62.9 Å². The fraction of sp³-hybridized carbons (Fsp3) is 0.333. The van der Waals surface area contributed by atoms with Gasteiger partial charge in [-0.1, -0.05) is 11.2 Å². The van der Waals surface area contributed by atoms with Crippen LogP contribution < -0.4 is 4.74 Å². The van der Waals surface area contributed by atoms with Gasteiger partial charge in [0, 0.05) is 29.6 Å². The SMILES string of the molecule is CCOc1cccc2c1ccn2CCN=[N+]=[N-]. The van der Waals surface area contributed by atoms with Gasteiger partial charge in [0.05, 0.1) is 12.1 Å². The first-order chi connectivity index (χ1) is 8.36. The minimum atomic E-state index is 0.457. The molecule has 5 heteroatoms. The fourth-order valence-electron chi connectivity index (χ4n) is 1.87. The summed E-state index contributed by atoms with van der Waals surface area (Å²) in [5.41, 5.74) is 9.35. The highest BCUT2D eigenvalue weighted by Gasteiger charge is 2.05. The molecule has 17 heavy (non-hydrogen) atoms. The molecule has 0 aliphatic carbocycles. The Kier molecular flexibility index (Phi) is 3.52. The molecule has 1 aromatic heterocycles. The van der Waals surface area contributed by atoms with E-state index in [-0.39, 0.29) is 0 Å². The van der Waals surface area contributed by atoms with E-state index in [2.05, 4.69) is 14.6 Å². The second kappa shape index (κ2) is 5.27. The van der Waals surface area contributed by atoms with Gasteiger partial charge >= 0.3 is 0 Å². The molecule has 0 bridgehead atoms. The molecule has 5 nitrogen and oxygen atoms in total. The number of fused-ring (bicyclic) bond motifs is 1. The van der Waals surface area contributed by atoms with Crippen LogP contribution in [0.3, 0.4) is 0 Å². The number of nitrogens with zero attached hydrogens (tertiary/aromatic N) is 4. The minimum Gasteiger partial charge on any atom is -0.493 e. The van der Waals surface area contributed by atoms with E-state index in [9.17, 15) is 0 Å². The number of ether oxygens (including phenoxy) is 1. The summed E-state index contributed by atoms with van der Waals surface area (Å²) in [6.45, 7) is 3.77. The van der Waals surface area contributed by atoms with Gasteiger partial charge in [0.1, 0.15) is 5.75 Å². The minimum absolute atomic E-state index is 0.457. The lowest BCUT2D eigenvalue weighted by atomic mass is 10.2. The normalized spacial score (nSPS) is 10.2. The molecular weight excluding hydrogens is 216 g/mol. The second-order valence-electron chi connectivity index (χ2n) is 3.59. The zero-order valence-corrected chi connectivity index (χ0v) is 9.71. The Morgan fingerprint density at radius 3 is 3.06 bits per heavy atom. The molecule has 2 rings (SSSR count). The molecule has 0 spiro atoms. The summed E-state index contributed by atoms with van der Waals surface area (Å²) in [5, 5.41) is 4.63. The molecular formula is C12H14N4O. The maximum atomic E-state index is 8.25. The van der Waals surface area contributed by atoms with Crippen LogP contribution in [0.5, 0.6) is 5.75 Å². The van der Waals surface area contributed by atoms with E-state index in [1.807, 2.05) is 37.4 Å². The molecule has 1 heterocycles. The van der Waals surface area contributed by atoms with Crippen LogP contribution in [-0.2, 0) is 6.54 Å². The van der Waals surface area contributed by atoms with Crippen molar-refractivity contribution in [3.05, 3.63) is 40.9 Å². The van der Waals surface area contributed by atoms with Gasteiger partial charge < -0.3 is 9.30 Å². The van der Waals surface area contributed by atoms with E-state index in [4.69, 9.17) is 10.3 Å². The van der Waals surface area contributed by atoms with Gasteiger partial charge in [-0.25, -0.2) is 0 Å². The number of aromatic nitrogens is 1. The number of azide groups is 1. The first kappa shape index (κ1) is 11.4. The monoisotopic (exact) mass is 230 g/mol. The standard InChI is InChI=1S/C12H14N4O/c1-2-17-12-5-3-4-11-10(12)6-8-16(11)9-7-14-15-13/h3-6,8H,2,7,9H2,1H3. The summed E-state index contributed by atoms with van der Waals surface area (Å²) in [6, 6.07) is 7.99. The molecule has 0 unspecified atom stereocenters. The van der Waals surface area contributed by atoms with Crippen LogP contribution in [0.4, 0.5) is 0 Å². The van der Waals surface area contributed by atoms with Crippen molar-refractivity contribution < 1.29 is 4.74 Å². The summed E-state index contributed by atoms with van der Waals surface area (Å²) >= 11 is 0. The molecule has 0 saturated carbocycles. The van der Waals surface area contributed by atoms with Crippen LogP contribution >= 0.6 is 0 Å². The molecule has 88 valence electrons. The molecule has 0 saturated heterocycles. The summed E-state index contributed by atoms with van der Waals surface area (Å²) in [6.07, 6.45) is 1.99. The lowest BCUT2D eigenvalue weighted by Gasteiger charge is -2.06. The molecule has 0 amide bonds. The van der Waals surface area contributed by atoms with Crippen LogP contribution in [0, 0.1) is 0 Å².